The molecular weight excluding hydrogens is 451 g/mol. The molecule has 0 saturated heterocycles. The number of hydrazone groups is 1. The van der Waals surface area contributed by atoms with Gasteiger partial charge in [0.2, 0.25) is 0 Å². The molecule has 0 atom stereocenters. The summed E-state index contributed by atoms with van der Waals surface area (Å²) < 4.78 is 16.3. The molecular formula is C18H17IN2O5. The van der Waals surface area contributed by atoms with E-state index in [0.29, 0.717) is 28.4 Å². The van der Waals surface area contributed by atoms with E-state index in [1.807, 2.05) is 0 Å². The molecule has 136 valence electrons. The molecule has 0 radical (unpaired) electrons. The van der Waals surface area contributed by atoms with E-state index < -0.39 is 5.97 Å². The first-order chi connectivity index (χ1) is 12.4. The molecule has 0 unspecified atom stereocenters. The fourth-order valence-electron chi connectivity index (χ4n) is 2.03. The number of methoxy groups -OCH3 is 2. The van der Waals surface area contributed by atoms with Crippen LogP contribution < -0.4 is 19.6 Å². The van der Waals surface area contributed by atoms with Crippen LogP contribution in [0.15, 0.2) is 41.5 Å². The number of rotatable bonds is 6. The molecule has 8 heteroatoms. The summed E-state index contributed by atoms with van der Waals surface area (Å²) >= 11 is 2.12. The van der Waals surface area contributed by atoms with Gasteiger partial charge in [-0.2, -0.15) is 5.10 Å². The van der Waals surface area contributed by atoms with E-state index in [1.54, 1.807) is 43.5 Å². The van der Waals surface area contributed by atoms with Gasteiger partial charge >= 0.3 is 5.97 Å². The predicted molar refractivity (Wildman–Crippen MR) is 105 cm³/mol. The standard InChI is InChI=1S/C18H17IN2O5/c1-11(22)26-15-7-4-12(8-17(15)25-3)10-20-21-18(23)13-5-6-14(19)16(9-13)24-2/h4-10H,1-3H3,(H,21,23)/b20-10-. The Bertz CT molecular complexity index is 851. The van der Waals surface area contributed by atoms with Crippen LogP contribution in [0, 0.1) is 3.57 Å². The van der Waals surface area contributed by atoms with Crippen LogP contribution in [0.1, 0.15) is 22.8 Å². The lowest BCUT2D eigenvalue weighted by molar-refractivity contribution is -0.132. The molecule has 7 nitrogen and oxygen atoms in total. The molecule has 2 aromatic carbocycles. The topological polar surface area (TPSA) is 86.2 Å². The number of ether oxygens (including phenoxy) is 3. The van der Waals surface area contributed by atoms with Gasteiger partial charge in [0.1, 0.15) is 5.75 Å². The fraction of sp³-hybridized carbons (Fsp3) is 0.167. The van der Waals surface area contributed by atoms with Gasteiger partial charge in [-0.15, -0.1) is 0 Å². The van der Waals surface area contributed by atoms with Crippen molar-refractivity contribution in [2.75, 3.05) is 14.2 Å². The van der Waals surface area contributed by atoms with Crippen LogP contribution in [-0.2, 0) is 4.79 Å². The van der Waals surface area contributed by atoms with E-state index in [2.05, 4.69) is 33.1 Å². The smallest absolute Gasteiger partial charge is 0.308 e. The molecule has 1 N–H and O–H groups in total. The Morgan fingerprint density at radius 1 is 1.04 bits per heavy atom. The van der Waals surface area contributed by atoms with Gasteiger partial charge in [0.15, 0.2) is 11.5 Å². The first-order valence-electron chi connectivity index (χ1n) is 7.48. The molecule has 2 aromatic rings. The lowest BCUT2D eigenvalue weighted by Crippen LogP contribution is -2.17. The maximum absolute atomic E-state index is 12.1. The van der Waals surface area contributed by atoms with Crippen molar-refractivity contribution in [2.24, 2.45) is 5.10 Å². The van der Waals surface area contributed by atoms with E-state index in [1.165, 1.54) is 20.2 Å². The molecule has 1 amide bonds. The summed E-state index contributed by atoms with van der Waals surface area (Å²) in [4.78, 5) is 23.2. The minimum Gasteiger partial charge on any atom is -0.496 e. The number of benzene rings is 2. The molecule has 0 heterocycles. The number of halogens is 1. The number of carbonyl (C=O) groups excluding carboxylic acids is 2. The van der Waals surface area contributed by atoms with E-state index in [-0.39, 0.29) is 5.91 Å². The van der Waals surface area contributed by atoms with Crippen molar-refractivity contribution in [1.82, 2.24) is 5.43 Å². The number of esters is 1. The Balaban J connectivity index is 2.08. The van der Waals surface area contributed by atoms with Gasteiger partial charge in [0.05, 0.1) is 24.0 Å². The summed E-state index contributed by atoms with van der Waals surface area (Å²) in [5.74, 6) is 0.516. The maximum atomic E-state index is 12.1. The van der Waals surface area contributed by atoms with Gasteiger partial charge < -0.3 is 14.2 Å². The predicted octanol–water partition coefficient (Wildman–Crippen LogP) is 3.00. The summed E-state index contributed by atoms with van der Waals surface area (Å²) in [7, 11) is 3.01. The van der Waals surface area contributed by atoms with Gasteiger partial charge in [-0.05, 0) is 64.6 Å². The highest BCUT2D eigenvalue weighted by Gasteiger charge is 2.09. The first-order valence-corrected chi connectivity index (χ1v) is 8.56. The third-order valence-electron chi connectivity index (χ3n) is 3.23. The van der Waals surface area contributed by atoms with Crippen molar-refractivity contribution in [1.29, 1.82) is 0 Å². The van der Waals surface area contributed by atoms with Crippen LogP contribution in [0.3, 0.4) is 0 Å². The SMILES string of the molecule is COc1cc(C(=O)N/N=C\c2ccc(OC(C)=O)c(OC)c2)ccc1I. The largest absolute Gasteiger partial charge is 0.496 e. The Labute approximate surface area is 164 Å². The van der Waals surface area contributed by atoms with Crippen molar-refractivity contribution in [3.8, 4) is 17.2 Å². The van der Waals surface area contributed by atoms with Crippen molar-refractivity contribution < 1.29 is 23.8 Å². The lowest BCUT2D eigenvalue weighted by atomic mass is 10.2. The quantitative estimate of drug-likeness (QED) is 0.232. The molecule has 26 heavy (non-hydrogen) atoms. The average molecular weight is 468 g/mol. The minimum absolute atomic E-state index is 0.312. The van der Waals surface area contributed by atoms with E-state index >= 15 is 0 Å². The zero-order valence-electron chi connectivity index (χ0n) is 14.4. The summed E-state index contributed by atoms with van der Waals surface area (Å²) in [6, 6.07) is 10.0. The molecule has 0 aliphatic heterocycles. The number of nitrogens with zero attached hydrogens (tertiary/aromatic N) is 1. The second-order valence-corrected chi connectivity index (χ2v) is 6.21. The van der Waals surface area contributed by atoms with Gasteiger partial charge in [0.25, 0.3) is 5.91 Å². The van der Waals surface area contributed by atoms with Crippen LogP contribution in [0.5, 0.6) is 17.2 Å². The molecule has 0 bridgehead atoms. The number of nitrogens with one attached hydrogen (secondary N) is 1. The highest BCUT2D eigenvalue weighted by molar-refractivity contribution is 14.1. The van der Waals surface area contributed by atoms with Gasteiger partial charge in [-0.1, -0.05) is 0 Å². The molecule has 2 rings (SSSR count). The van der Waals surface area contributed by atoms with E-state index in [9.17, 15) is 9.59 Å². The molecule has 0 spiro atoms. The second-order valence-electron chi connectivity index (χ2n) is 5.05. The number of amides is 1. The van der Waals surface area contributed by atoms with Crippen LogP contribution >= 0.6 is 22.6 Å². The Morgan fingerprint density at radius 2 is 1.77 bits per heavy atom. The Hall–Kier alpha value is -2.62. The lowest BCUT2D eigenvalue weighted by Gasteiger charge is -2.08. The van der Waals surface area contributed by atoms with Crippen molar-refractivity contribution in [2.45, 2.75) is 6.92 Å². The average Bonchev–Trinajstić information content (AvgIpc) is 2.62. The Morgan fingerprint density at radius 3 is 2.42 bits per heavy atom. The molecule has 0 saturated carbocycles. The third kappa shape index (κ3) is 5.19. The molecule has 0 aromatic heterocycles. The highest BCUT2D eigenvalue weighted by atomic mass is 127. The monoisotopic (exact) mass is 468 g/mol. The summed E-state index contributed by atoms with van der Waals surface area (Å²) in [5, 5.41) is 3.93. The summed E-state index contributed by atoms with van der Waals surface area (Å²) in [6.07, 6.45) is 1.46. The Kier molecular flexibility index (Phi) is 6.96. The van der Waals surface area contributed by atoms with Crippen molar-refractivity contribution >= 4 is 40.7 Å². The normalized spacial score (nSPS) is 10.5. The molecule has 0 fully saturated rings. The third-order valence-corrected chi connectivity index (χ3v) is 4.13. The number of hydrogen-bond acceptors (Lipinski definition) is 6. The minimum atomic E-state index is -0.440. The molecule has 0 aliphatic rings. The summed E-state index contributed by atoms with van der Waals surface area (Å²) in [5.41, 5.74) is 3.55. The van der Waals surface area contributed by atoms with Crippen LogP contribution in [0.25, 0.3) is 0 Å². The van der Waals surface area contributed by atoms with E-state index in [0.717, 1.165) is 3.57 Å². The van der Waals surface area contributed by atoms with Crippen molar-refractivity contribution in [3.05, 3.63) is 51.1 Å². The fourth-order valence-corrected chi connectivity index (χ4v) is 2.59. The van der Waals surface area contributed by atoms with Gasteiger partial charge in [-0.3, -0.25) is 9.59 Å². The van der Waals surface area contributed by atoms with Gasteiger partial charge in [-0.25, -0.2) is 5.43 Å². The van der Waals surface area contributed by atoms with Crippen LogP contribution in [-0.4, -0.2) is 32.3 Å². The number of hydrogen-bond donors (Lipinski definition) is 1. The van der Waals surface area contributed by atoms with Crippen LogP contribution in [0.2, 0.25) is 0 Å². The number of carbonyl (C=O) groups is 2. The zero-order chi connectivity index (χ0) is 19.1. The second kappa shape index (κ2) is 9.18. The van der Waals surface area contributed by atoms with Crippen LogP contribution in [0.4, 0.5) is 0 Å². The summed E-state index contributed by atoms with van der Waals surface area (Å²) in [6.45, 7) is 1.31. The highest BCUT2D eigenvalue weighted by Crippen LogP contribution is 2.27. The van der Waals surface area contributed by atoms with Crippen molar-refractivity contribution in [3.63, 3.8) is 0 Å². The molecule has 0 aliphatic carbocycles. The van der Waals surface area contributed by atoms with Gasteiger partial charge in [0, 0.05) is 12.5 Å². The first kappa shape index (κ1) is 19.7. The van der Waals surface area contributed by atoms with E-state index in [4.69, 9.17) is 14.2 Å². The zero-order valence-corrected chi connectivity index (χ0v) is 16.6. The maximum Gasteiger partial charge on any atom is 0.308 e.